The lowest BCUT2D eigenvalue weighted by Crippen LogP contribution is -2.46. The van der Waals surface area contributed by atoms with Crippen LogP contribution in [0.2, 0.25) is 5.02 Å². The predicted octanol–water partition coefficient (Wildman–Crippen LogP) is 3.64. The molecule has 0 aliphatic carbocycles. The zero-order valence-electron chi connectivity index (χ0n) is 20.4. The van der Waals surface area contributed by atoms with Gasteiger partial charge in [-0.15, -0.1) is 0 Å². The van der Waals surface area contributed by atoms with Crippen LogP contribution in [0, 0.1) is 11.3 Å². The summed E-state index contributed by atoms with van der Waals surface area (Å²) in [7, 11) is 4.08. The Morgan fingerprint density at radius 2 is 1.94 bits per heavy atom. The van der Waals surface area contributed by atoms with Crippen molar-refractivity contribution in [2.24, 2.45) is 11.3 Å². The van der Waals surface area contributed by atoms with Crippen molar-refractivity contribution >= 4 is 23.4 Å². The van der Waals surface area contributed by atoms with Crippen molar-refractivity contribution < 1.29 is 9.59 Å². The minimum absolute atomic E-state index is 0.00944. The smallest absolute Gasteiger partial charge is 0.257 e. The molecule has 0 atom stereocenters. The molecule has 0 saturated carbocycles. The first-order valence-corrected chi connectivity index (χ1v) is 12.0. The summed E-state index contributed by atoms with van der Waals surface area (Å²) in [6, 6.07) is 7.45. The third-order valence-corrected chi connectivity index (χ3v) is 6.36. The summed E-state index contributed by atoms with van der Waals surface area (Å²) in [5.74, 6) is 0.0205. The number of benzene rings is 1. The Balaban J connectivity index is 1.60. The van der Waals surface area contributed by atoms with E-state index < -0.39 is 0 Å². The molecule has 7 nitrogen and oxygen atoms in total. The fourth-order valence-corrected chi connectivity index (χ4v) is 4.81. The third kappa shape index (κ3) is 6.36. The van der Waals surface area contributed by atoms with Crippen LogP contribution in [0.3, 0.4) is 0 Å². The zero-order valence-corrected chi connectivity index (χ0v) is 21.2. The quantitative estimate of drug-likeness (QED) is 0.635. The number of nitrogens with one attached hydrogen (secondary N) is 1. The van der Waals surface area contributed by atoms with Crippen LogP contribution in [0.1, 0.15) is 49.7 Å². The van der Waals surface area contributed by atoms with Gasteiger partial charge in [0.2, 0.25) is 5.91 Å². The summed E-state index contributed by atoms with van der Waals surface area (Å²) in [6.07, 6.45) is 3.67. The Bertz CT molecular complexity index is 977. The first kappa shape index (κ1) is 25.2. The van der Waals surface area contributed by atoms with Crippen LogP contribution in [0.5, 0.6) is 0 Å². The maximum absolute atomic E-state index is 13.3. The normalized spacial score (nSPS) is 15.2. The Morgan fingerprint density at radius 1 is 1.24 bits per heavy atom. The molecule has 180 valence electrons. The van der Waals surface area contributed by atoms with Crippen molar-refractivity contribution in [3.8, 4) is 5.69 Å². The fourth-order valence-electron chi connectivity index (χ4n) is 4.62. The lowest BCUT2D eigenvalue weighted by Gasteiger charge is -2.33. The molecule has 1 N–H and O–H groups in total. The second kappa shape index (κ2) is 10.7. The lowest BCUT2D eigenvalue weighted by molar-refractivity contribution is -0.126. The minimum Gasteiger partial charge on any atom is -0.355 e. The maximum Gasteiger partial charge on any atom is 0.257 e. The van der Waals surface area contributed by atoms with E-state index in [1.807, 2.05) is 50.2 Å². The standard InChI is InChI=1S/C25H36ClN5O2/c1-6-22-21(15-28-31(22)20-9-7-8-19(26)14-20)24(33)30-12-10-18(11-13-30)23(32)27-16-25(2,3)17-29(4)5/h7-9,14-15,18H,6,10-13,16-17H2,1-5H3,(H,27,32). The molecule has 33 heavy (non-hydrogen) atoms. The van der Waals surface area contributed by atoms with E-state index in [1.165, 1.54) is 0 Å². The van der Waals surface area contributed by atoms with Crippen molar-refractivity contribution in [1.29, 1.82) is 0 Å². The first-order valence-electron chi connectivity index (χ1n) is 11.7. The highest BCUT2D eigenvalue weighted by Gasteiger charge is 2.30. The van der Waals surface area contributed by atoms with Crippen molar-refractivity contribution in [2.75, 3.05) is 40.3 Å². The van der Waals surface area contributed by atoms with Gasteiger partial charge in [-0.2, -0.15) is 5.10 Å². The molecule has 8 heteroatoms. The molecule has 0 unspecified atom stereocenters. The molecule has 1 aromatic heterocycles. The van der Waals surface area contributed by atoms with Gasteiger partial charge < -0.3 is 15.1 Å². The van der Waals surface area contributed by atoms with Gasteiger partial charge in [0.05, 0.1) is 23.1 Å². The molecule has 1 saturated heterocycles. The molecule has 3 rings (SSSR count). The molecule has 2 amide bonds. The SMILES string of the molecule is CCc1c(C(=O)N2CCC(C(=O)NCC(C)(C)CN(C)C)CC2)cnn1-c1cccc(Cl)c1. The number of carbonyl (C=O) groups excluding carboxylic acids is 2. The Kier molecular flexibility index (Phi) is 8.19. The topological polar surface area (TPSA) is 70.5 Å². The van der Waals surface area contributed by atoms with Crippen molar-refractivity contribution in [2.45, 2.75) is 40.0 Å². The number of halogens is 1. The molecule has 2 aromatic rings. The molecule has 1 aliphatic rings. The Morgan fingerprint density at radius 3 is 2.55 bits per heavy atom. The highest BCUT2D eigenvalue weighted by molar-refractivity contribution is 6.30. The summed E-state index contributed by atoms with van der Waals surface area (Å²) in [5, 5.41) is 8.22. The summed E-state index contributed by atoms with van der Waals surface area (Å²) < 4.78 is 1.79. The summed E-state index contributed by atoms with van der Waals surface area (Å²) in [4.78, 5) is 30.0. The van der Waals surface area contributed by atoms with Crippen molar-refractivity contribution in [1.82, 2.24) is 24.9 Å². The number of amides is 2. The van der Waals surface area contributed by atoms with Gasteiger partial charge in [0.15, 0.2) is 0 Å². The zero-order chi connectivity index (χ0) is 24.2. The van der Waals surface area contributed by atoms with Crippen LogP contribution in [0.25, 0.3) is 5.69 Å². The highest BCUT2D eigenvalue weighted by Crippen LogP contribution is 2.24. The van der Waals surface area contributed by atoms with E-state index in [0.717, 1.165) is 17.9 Å². The van der Waals surface area contributed by atoms with E-state index in [1.54, 1.807) is 10.9 Å². The molecular formula is C25H36ClN5O2. The van der Waals surface area contributed by atoms with E-state index in [0.29, 0.717) is 49.5 Å². The third-order valence-electron chi connectivity index (χ3n) is 6.13. The molecule has 0 bridgehead atoms. The number of rotatable bonds is 8. The number of nitrogens with zero attached hydrogens (tertiary/aromatic N) is 4. The van der Waals surface area contributed by atoms with Gasteiger partial charge in [-0.25, -0.2) is 4.68 Å². The van der Waals surface area contributed by atoms with E-state index in [9.17, 15) is 9.59 Å². The van der Waals surface area contributed by atoms with E-state index in [4.69, 9.17) is 11.6 Å². The molecule has 1 aromatic carbocycles. The van der Waals surface area contributed by atoms with E-state index in [-0.39, 0.29) is 23.1 Å². The molecular weight excluding hydrogens is 438 g/mol. The van der Waals surface area contributed by atoms with Gasteiger partial charge in [0.1, 0.15) is 0 Å². The lowest BCUT2D eigenvalue weighted by atomic mass is 9.91. The van der Waals surface area contributed by atoms with Gasteiger partial charge in [0.25, 0.3) is 5.91 Å². The van der Waals surface area contributed by atoms with Crippen molar-refractivity contribution in [3.05, 3.63) is 46.7 Å². The summed E-state index contributed by atoms with van der Waals surface area (Å²) >= 11 is 6.14. The summed E-state index contributed by atoms with van der Waals surface area (Å²) in [6.45, 7) is 9.03. The average molecular weight is 474 g/mol. The highest BCUT2D eigenvalue weighted by atomic mass is 35.5. The van der Waals surface area contributed by atoms with Crippen LogP contribution >= 0.6 is 11.6 Å². The first-order chi connectivity index (χ1) is 15.6. The molecule has 0 radical (unpaired) electrons. The maximum atomic E-state index is 13.3. The predicted molar refractivity (Wildman–Crippen MR) is 132 cm³/mol. The van der Waals surface area contributed by atoms with E-state index >= 15 is 0 Å². The van der Waals surface area contributed by atoms with Gasteiger partial charge in [-0.05, 0) is 57.0 Å². The van der Waals surface area contributed by atoms with Crippen LogP contribution in [-0.4, -0.2) is 71.7 Å². The van der Waals surface area contributed by atoms with Crippen LogP contribution in [-0.2, 0) is 11.2 Å². The van der Waals surface area contributed by atoms with Gasteiger partial charge >= 0.3 is 0 Å². The number of piperidine rings is 1. The number of aromatic nitrogens is 2. The van der Waals surface area contributed by atoms with Crippen molar-refractivity contribution in [3.63, 3.8) is 0 Å². The molecule has 1 fully saturated rings. The van der Waals surface area contributed by atoms with Gasteiger partial charge in [0, 0.05) is 37.1 Å². The number of hydrogen-bond donors (Lipinski definition) is 1. The number of carbonyl (C=O) groups is 2. The minimum atomic E-state index is -0.0518. The second-order valence-corrected chi connectivity index (χ2v) is 10.4. The Hall–Kier alpha value is -2.38. The van der Waals surface area contributed by atoms with Crippen LogP contribution < -0.4 is 5.32 Å². The second-order valence-electron chi connectivity index (χ2n) is 9.94. The molecule has 2 heterocycles. The number of likely N-dealkylation sites (tertiary alicyclic amines) is 1. The average Bonchev–Trinajstić information content (AvgIpc) is 3.20. The largest absolute Gasteiger partial charge is 0.355 e. The van der Waals surface area contributed by atoms with E-state index in [2.05, 4.69) is 29.2 Å². The van der Waals surface area contributed by atoms with Crippen LogP contribution in [0.4, 0.5) is 0 Å². The summed E-state index contributed by atoms with van der Waals surface area (Å²) in [5.41, 5.74) is 2.33. The molecule has 0 spiro atoms. The van der Waals surface area contributed by atoms with Crippen LogP contribution in [0.15, 0.2) is 30.5 Å². The monoisotopic (exact) mass is 473 g/mol. The Labute approximate surface area is 202 Å². The fraction of sp³-hybridized carbons (Fsp3) is 0.560. The van der Waals surface area contributed by atoms with Gasteiger partial charge in [-0.3, -0.25) is 9.59 Å². The van der Waals surface area contributed by atoms with Gasteiger partial charge in [-0.1, -0.05) is 38.4 Å². The number of hydrogen-bond acceptors (Lipinski definition) is 4. The molecule has 1 aliphatic heterocycles.